The van der Waals surface area contributed by atoms with Crippen molar-refractivity contribution >= 4 is 17.7 Å². The summed E-state index contributed by atoms with van der Waals surface area (Å²) in [7, 11) is 1.42. The minimum absolute atomic E-state index is 0.221. The fourth-order valence-electron chi connectivity index (χ4n) is 1.89. The number of thioether (sulfide) groups is 1. The Hall–Kier alpha value is -1.14. The van der Waals surface area contributed by atoms with Crippen LogP contribution in [0, 0.1) is 20.8 Å². The quantitative estimate of drug-likeness (QED) is 0.474. The highest BCUT2D eigenvalue weighted by Crippen LogP contribution is 2.18. The Labute approximate surface area is 131 Å². The molecule has 1 rings (SSSR count). The Morgan fingerprint density at radius 1 is 1.24 bits per heavy atom. The van der Waals surface area contributed by atoms with E-state index in [2.05, 4.69) is 15.3 Å². The van der Waals surface area contributed by atoms with Crippen LogP contribution in [0.5, 0.6) is 0 Å². The molecule has 1 heterocycles. The third kappa shape index (κ3) is 5.63. The Morgan fingerprint density at radius 3 is 2.29 bits per heavy atom. The van der Waals surface area contributed by atoms with Crippen molar-refractivity contribution in [3.8, 4) is 0 Å². The number of esters is 1. The number of methoxy groups -OCH3 is 1. The summed E-state index contributed by atoms with van der Waals surface area (Å²) < 4.78 is 4.83. The van der Waals surface area contributed by atoms with Gasteiger partial charge in [0.05, 0.1) is 7.11 Å². The lowest BCUT2D eigenvalue weighted by Crippen LogP contribution is -2.41. The predicted molar refractivity (Wildman–Crippen MR) is 85.7 cm³/mol. The van der Waals surface area contributed by atoms with Gasteiger partial charge in [-0.15, -0.1) is 0 Å². The first-order valence-corrected chi connectivity index (χ1v) is 8.12. The zero-order chi connectivity index (χ0) is 16.0. The zero-order valence-electron chi connectivity index (χ0n) is 13.7. The molecule has 118 valence electrons. The van der Waals surface area contributed by atoms with E-state index in [0.717, 1.165) is 27.9 Å². The van der Waals surface area contributed by atoms with E-state index in [1.54, 1.807) is 11.8 Å². The van der Waals surface area contributed by atoms with Crippen LogP contribution in [-0.4, -0.2) is 40.9 Å². The van der Waals surface area contributed by atoms with Crippen molar-refractivity contribution in [2.45, 2.75) is 58.3 Å². The first-order chi connectivity index (χ1) is 9.85. The van der Waals surface area contributed by atoms with Crippen molar-refractivity contribution < 1.29 is 9.53 Å². The Kier molecular flexibility index (Phi) is 7.11. The molecule has 0 aliphatic heterocycles. The Morgan fingerprint density at radius 2 is 1.81 bits per heavy atom. The van der Waals surface area contributed by atoms with Crippen molar-refractivity contribution in [1.29, 1.82) is 0 Å². The van der Waals surface area contributed by atoms with Crippen molar-refractivity contribution in [1.82, 2.24) is 15.3 Å². The van der Waals surface area contributed by atoms with Crippen LogP contribution in [0.2, 0.25) is 0 Å². The second kappa shape index (κ2) is 8.34. The highest BCUT2D eigenvalue weighted by Gasteiger charge is 2.19. The van der Waals surface area contributed by atoms with Crippen LogP contribution < -0.4 is 5.32 Å². The van der Waals surface area contributed by atoms with Crippen LogP contribution in [0.3, 0.4) is 0 Å². The van der Waals surface area contributed by atoms with Gasteiger partial charge < -0.3 is 10.1 Å². The largest absolute Gasteiger partial charge is 0.468 e. The number of nitrogens with one attached hydrogen (secondary N) is 1. The predicted octanol–water partition coefficient (Wildman–Crippen LogP) is 2.42. The zero-order valence-corrected chi connectivity index (χ0v) is 14.5. The standard InChI is InChI=1S/C15H25N3O2S/c1-9(2)16-13(14(19)20-6)7-8-21-15-17-11(4)10(3)12(5)18-15/h9,13,16H,7-8H2,1-6H3. The summed E-state index contributed by atoms with van der Waals surface area (Å²) in [6.45, 7) is 10.0. The first-order valence-electron chi connectivity index (χ1n) is 7.13. The normalized spacial score (nSPS) is 12.5. The number of nitrogens with zero attached hydrogens (tertiary/aromatic N) is 2. The van der Waals surface area contributed by atoms with E-state index in [-0.39, 0.29) is 18.1 Å². The summed E-state index contributed by atoms with van der Waals surface area (Å²) in [5.41, 5.74) is 3.15. The molecular formula is C15H25N3O2S. The molecule has 0 saturated carbocycles. The van der Waals surface area contributed by atoms with Gasteiger partial charge in [-0.1, -0.05) is 25.6 Å². The summed E-state index contributed by atoms with van der Waals surface area (Å²) in [5.74, 6) is 0.544. The summed E-state index contributed by atoms with van der Waals surface area (Å²) in [6.07, 6.45) is 0.685. The minimum Gasteiger partial charge on any atom is -0.468 e. The second-order valence-corrected chi connectivity index (χ2v) is 6.40. The van der Waals surface area contributed by atoms with E-state index in [9.17, 15) is 4.79 Å². The minimum atomic E-state index is -0.282. The molecule has 1 aromatic heterocycles. The van der Waals surface area contributed by atoms with Gasteiger partial charge in [0, 0.05) is 23.2 Å². The van der Waals surface area contributed by atoms with Gasteiger partial charge in [-0.05, 0) is 32.8 Å². The Bertz CT molecular complexity index is 469. The molecule has 0 aliphatic carbocycles. The number of hydrogen-bond acceptors (Lipinski definition) is 6. The van der Waals surface area contributed by atoms with Gasteiger partial charge >= 0.3 is 5.97 Å². The van der Waals surface area contributed by atoms with Crippen molar-refractivity contribution in [3.63, 3.8) is 0 Å². The van der Waals surface area contributed by atoms with Gasteiger partial charge in [-0.3, -0.25) is 4.79 Å². The maximum atomic E-state index is 11.7. The summed E-state index contributed by atoms with van der Waals surface area (Å²) in [4.78, 5) is 20.7. The molecule has 6 heteroatoms. The van der Waals surface area contributed by atoms with Crippen LogP contribution in [0.4, 0.5) is 0 Å². The number of aryl methyl sites for hydroxylation is 2. The van der Waals surface area contributed by atoms with E-state index in [0.29, 0.717) is 6.42 Å². The van der Waals surface area contributed by atoms with E-state index in [4.69, 9.17) is 4.74 Å². The number of carbonyl (C=O) groups excluding carboxylic acids is 1. The molecule has 0 amide bonds. The van der Waals surface area contributed by atoms with E-state index >= 15 is 0 Å². The molecule has 0 spiro atoms. The fraction of sp³-hybridized carbons (Fsp3) is 0.667. The summed E-state index contributed by atoms with van der Waals surface area (Å²) in [6, 6.07) is -0.0469. The van der Waals surface area contributed by atoms with Crippen LogP contribution in [0.1, 0.15) is 37.2 Å². The lowest BCUT2D eigenvalue weighted by atomic mass is 10.2. The number of ether oxygens (including phenoxy) is 1. The summed E-state index contributed by atoms with van der Waals surface area (Å²) in [5, 5.41) is 3.99. The summed E-state index contributed by atoms with van der Waals surface area (Å²) >= 11 is 1.57. The molecule has 5 nitrogen and oxygen atoms in total. The van der Waals surface area contributed by atoms with E-state index < -0.39 is 0 Å². The fourth-order valence-corrected chi connectivity index (χ4v) is 2.83. The molecule has 1 atom stereocenters. The van der Waals surface area contributed by atoms with Gasteiger partial charge in [-0.2, -0.15) is 0 Å². The third-order valence-corrected chi connectivity index (χ3v) is 4.15. The molecule has 1 aromatic rings. The van der Waals surface area contributed by atoms with Crippen LogP contribution in [0.15, 0.2) is 5.16 Å². The van der Waals surface area contributed by atoms with Crippen molar-refractivity contribution in [2.24, 2.45) is 0 Å². The topological polar surface area (TPSA) is 64.1 Å². The molecular weight excluding hydrogens is 286 g/mol. The van der Waals surface area contributed by atoms with E-state index in [1.807, 2.05) is 34.6 Å². The van der Waals surface area contributed by atoms with E-state index in [1.165, 1.54) is 7.11 Å². The number of aromatic nitrogens is 2. The first kappa shape index (κ1) is 17.9. The molecule has 0 fully saturated rings. The lowest BCUT2D eigenvalue weighted by molar-refractivity contribution is -0.143. The molecule has 1 unspecified atom stereocenters. The monoisotopic (exact) mass is 311 g/mol. The molecule has 0 saturated heterocycles. The molecule has 0 aliphatic rings. The SMILES string of the molecule is COC(=O)C(CCSc1nc(C)c(C)c(C)n1)NC(C)C. The van der Waals surface area contributed by atoms with Gasteiger partial charge in [0.15, 0.2) is 5.16 Å². The molecule has 0 aromatic carbocycles. The smallest absolute Gasteiger partial charge is 0.322 e. The lowest BCUT2D eigenvalue weighted by Gasteiger charge is -2.18. The number of hydrogen-bond donors (Lipinski definition) is 1. The van der Waals surface area contributed by atoms with Crippen LogP contribution in [0.25, 0.3) is 0 Å². The highest BCUT2D eigenvalue weighted by atomic mass is 32.2. The number of rotatable bonds is 7. The van der Waals surface area contributed by atoms with Gasteiger partial charge in [0.25, 0.3) is 0 Å². The molecule has 0 radical (unpaired) electrons. The average molecular weight is 311 g/mol. The third-order valence-electron chi connectivity index (χ3n) is 3.27. The highest BCUT2D eigenvalue weighted by molar-refractivity contribution is 7.99. The average Bonchev–Trinajstić information content (AvgIpc) is 2.42. The Balaban J connectivity index is 2.59. The second-order valence-electron chi connectivity index (χ2n) is 5.34. The maximum Gasteiger partial charge on any atom is 0.322 e. The number of carbonyl (C=O) groups is 1. The van der Waals surface area contributed by atoms with Crippen molar-refractivity contribution in [2.75, 3.05) is 12.9 Å². The van der Waals surface area contributed by atoms with Gasteiger partial charge in [0.1, 0.15) is 6.04 Å². The van der Waals surface area contributed by atoms with Crippen LogP contribution >= 0.6 is 11.8 Å². The molecule has 1 N–H and O–H groups in total. The maximum absolute atomic E-state index is 11.7. The van der Waals surface area contributed by atoms with Gasteiger partial charge in [0.2, 0.25) is 0 Å². The van der Waals surface area contributed by atoms with Crippen LogP contribution in [-0.2, 0) is 9.53 Å². The molecule has 21 heavy (non-hydrogen) atoms. The molecule has 0 bridgehead atoms. The van der Waals surface area contributed by atoms with Gasteiger partial charge in [-0.25, -0.2) is 9.97 Å². The van der Waals surface area contributed by atoms with Crippen molar-refractivity contribution in [3.05, 3.63) is 17.0 Å².